The fourth-order valence-electron chi connectivity index (χ4n) is 9.64. The zero-order chi connectivity index (χ0) is 38.4. The molecule has 0 N–H and O–H groups in total. The number of fused-ring (bicyclic) bond motifs is 6. The van der Waals surface area contributed by atoms with E-state index in [2.05, 4.69) is 164 Å². The van der Waals surface area contributed by atoms with Gasteiger partial charge in [-0.1, -0.05) is 140 Å². The summed E-state index contributed by atoms with van der Waals surface area (Å²) in [6, 6.07) is 44.0. The van der Waals surface area contributed by atoms with Crippen molar-refractivity contribution in [3.63, 3.8) is 0 Å². The topological polar surface area (TPSA) is 37.9 Å². The average molecular weight is 769 g/mol. The molecule has 4 heteroatoms. The molecule has 0 fully saturated rings. The number of benzene rings is 5. The third-order valence-corrected chi connectivity index (χ3v) is 13.8. The van der Waals surface area contributed by atoms with Crippen LogP contribution in [0.2, 0.25) is 0 Å². The van der Waals surface area contributed by atoms with E-state index in [-0.39, 0.29) is 17.9 Å². The zero-order valence-electron chi connectivity index (χ0n) is 32.5. The van der Waals surface area contributed by atoms with Crippen LogP contribution in [0.5, 0.6) is 0 Å². The van der Waals surface area contributed by atoms with E-state index in [0.717, 1.165) is 62.1 Å². The second-order valence-electron chi connectivity index (χ2n) is 16.1. The maximum Gasteiger partial charge on any atom is 0.139 e. The fourth-order valence-corrected chi connectivity index (χ4v) is 10.9. The van der Waals surface area contributed by atoms with Gasteiger partial charge >= 0.3 is 0 Å². The van der Waals surface area contributed by atoms with Gasteiger partial charge in [0, 0.05) is 59.8 Å². The second-order valence-corrected chi connectivity index (χ2v) is 17.1. The lowest BCUT2D eigenvalue weighted by Crippen LogP contribution is -2.25. The molecule has 11 rings (SSSR count). The molecule has 0 bridgehead atoms. The number of thiophene rings is 1. The molecular formula is C54H44N2OS. The third kappa shape index (κ3) is 6.37. The largest absolute Gasteiger partial charge is 0.456 e. The summed E-state index contributed by atoms with van der Waals surface area (Å²) in [4.78, 5) is 11.3. The van der Waals surface area contributed by atoms with Gasteiger partial charge in [0.05, 0.1) is 6.04 Å². The van der Waals surface area contributed by atoms with Crippen molar-refractivity contribution < 1.29 is 4.42 Å². The Balaban J connectivity index is 1.03. The molecule has 5 aromatic carbocycles. The van der Waals surface area contributed by atoms with Gasteiger partial charge < -0.3 is 4.42 Å². The van der Waals surface area contributed by atoms with Gasteiger partial charge in [0.1, 0.15) is 17.2 Å². The van der Waals surface area contributed by atoms with Crippen LogP contribution in [-0.4, -0.2) is 17.6 Å². The van der Waals surface area contributed by atoms with E-state index in [1.807, 2.05) is 11.3 Å². The van der Waals surface area contributed by atoms with E-state index >= 15 is 0 Å². The van der Waals surface area contributed by atoms with Crippen LogP contribution in [0.1, 0.15) is 73.3 Å². The van der Waals surface area contributed by atoms with Gasteiger partial charge in [-0.3, -0.25) is 4.99 Å². The summed E-state index contributed by atoms with van der Waals surface area (Å²) in [6.45, 7) is 0. The first-order valence-electron chi connectivity index (χ1n) is 20.9. The third-order valence-electron chi connectivity index (χ3n) is 12.6. The maximum atomic E-state index is 7.00. The first-order chi connectivity index (χ1) is 28.7. The highest BCUT2D eigenvalue weighted by Gasteiger charge is 2.34. The summed E-state index contributed by atoms with van der Waals surface area (Å²) < 4.78 is 9.61. The van der Waals surface area contributed by atoms with E-state index in [0.29, 0.717) is 0 Å². The Morgan fingerprint density at radius 3 is 2.28 bits per heavy atom. The van der Waals surface area contributed by atoms with Crippen molar-refractivity contribution in [3.05, 3.63) is 192 Å². The quantitative estimate of drug-likeness (QED) is 0.166. The van der Waals surface area contributed by atoms with Gasteiger partial charge in [0.25, 0.3) is 0 Å². The van der Waals surface area contributed by atoms with Crippen molar-refractivity contribution in [2.75, 3.05) is 0 Å². The molecule has 0 saturated carbocycles. The van der Waals surface area contributed by atoms with Gasteiger partial charge in [-0.15, -0.1) is 11.3 Å². The number of nitrogens with zero attached hydrogens (tertiary/aromatic N) is 2. The van der Waals surface area contributed by atoms with E-state index in [4.69, 9.17) is 14.4 Å². The number of rotatable bonds is 6. The van der Waals surface area contributed by atoms with Crippen LogP contribution in [0.3, 0.4) is 0 Å². The lowest BCUT2D eigenvalue weighted by atomic mass is 9.79. The van der Waals surface area contributed by atoms with Crippen molar-refractivity contribution in [2.45, 2.75) is 56.9 Å². The van der Waals surface area contributed by atoms with E-state index < -0.39 is 0 Å². The summed E-state index contributed by atoms with van der Waals surface area (Å²) in [7, 11) is 0. The highest BCUT2D eigenvalue weighted by Crippen LogP contribution is 2.49. The molecular weight excluding hydrogens is 725 g/mol. The Morgan fingerprint density at radius 2 is 1.47 bits per heavy atom. The molecule has 3 atom stereocenters. The van der Waals surface area contributed by atoms with Crippen LogP contribution in [-0.2, 0) is 0 Å². The number of para-hydroxylation sites is 1. The molecule has 0 amide bonds. The molecule has 0 saturated heterocycles. The average Bonchev–Trinajstić information content (AvgIpc) is 3.86. The smallest absolute Gasteiger partial charge is 0.139 e. The molecule has 4 aliphatic rings. The van der Waals surface area contributed by atoms with Crippen LogP contribution in [0.4, 0.5) is 0 Å². The van der Waals surface area contributed by atoms with E-state index in [9.17, 15) is 0 Å². The molecule has 1 aliphatic heterocycles. The number of aliphatic imine (C=N–C) groups is 2. The van der Waals surface area contributed by atoms with E-state index in [1.54, 1.807) is 0 Å². The number of allylic oxidation sites excluding steroid dienone is 7. The van der Waals surface area contributed by atoms with Gasteiger partial charge in [-0.05, 0) is 97.0 Å². The highest BCUT2D eigenvalue weighted by atomic mass is 32.1. The molecule has 0 radical (unpaired) electrons. The molecule has 3 nitrogen and oxygen atoms in total. The lowest BCUT2D eigenvalue weighted by Gasteiger charge is -2.28. The molecule has 3 aliphatic carbocycles. The number of furan rings is 1. The van der Waals surface area contributed by atoms with Crippen molar-refractivity contribution in [1.29, 1.82) is 0 Å². The minimum Gasteiger partial charge on any atom is -0.456 e. The Kier molecular flexibility index (Phi) is 9.08. The van der Waals surface area contributed by atoms with Gasteiger partial charge in [-0.25, -0.2) is 4.99 Å². The standard InChI is InChI=1S/C54H44N2OS/c1-4-15-35(16-5-1)37-27-29-38(30-28-37)47-23-14-24-48(56-54(55-47)39-19-8-3-9-20-39)43-32-31-42(52-51(43)44-22-10-12-25-49(44)57-52)46-34-40(36-17-6-2-7-18-36)33-45-41-21-11-13-26-50(41)58-53(45)46/h1-13,15-19,21-22,25-27,29,31,33-34,39,43,47H,14,20,23-24,28,30,32H2. The van der Waals surface area contributed by atoms with Crippen LogP contribution in [0.15, 0.2) is 184 Å². The summed E-state index contributed by atoms with van der Waals surface area (Å²) >= 11 is 1.89. The van der Waals surface area contributed by atoms with Crippen LogP contribution >= 0.6 is 11.3 Å². The Bertz CT molecular complexity index is 2930. The molecule has 7 aromatic rings. The Hall–Kier alpha value is -6.10. The molecule has 3 heterocycles. The monoisotopic (exact) mass is 768 g/mol. The van der Waals surface area contributed by atoms with Crippen LogP contribution in [0.25, 0.3) is 53.4 Å². The first kappa shape index (κ1) is 35.1. The van der Waals surface area contributed by atoms with Crippen molar-refractivity contribution >= 4 is 65.2 Å². The van der Waals surface area contributed by atoms with Gasteiger partial charge in [0.15, 0.2) is 0 Å². The minimum atomic E-state index is 0.104. The van der Waals surface area contributed by atoms with Crippen molar-refractivity contribution in [3.8, 4) is 11.1 Å². The van der Waals surface area contributed by atoms with Gasteiger partial charge in [0.2, 0.25) is 0 Å². The second kappa shape index (κ2) is 15.0. The fraction of sp³-hybridized carbons (Fsp3) is 0.185. The summed E-state index contributed by atoms with van der Waals surface area (Å²) in [5.41, 5.74) is 12.5. The number of hydrogen-bond acceptors (Lipinski definition) is 4. The maximum absolute atomic E-state index is 7.00. The molecule has 0 spiro atoms. The molecule has 3 unspecified atom stereocenters. The predicted octanol–water partition coefficient (Wildman–Crippen LogP) is 14.7. The predicted molar refractivity (Wildman–Crippen MR) is 246 cm³/mol. The summed E-state index contributed by atoms with van der Waals surface area (Å²) in [5, 5.41) is 3.79. The number of hydrogen-bond donors (Lipinski definition) is 0. The summed E-state index contributed by atoms with van der Waals surface area (Å²) in [5.74, 6) is 2.23. The zero-order valence-corrected chi connectivity index (χ0v) is 33.3. The van der Waals surface area contributed by atoms with Crippen molar-refractivity contribution in [1.82, 2.24) is 0 Å². The lowest BCUT2D eigenvalue weighted by molar-refractivity contribution is 0.586. The minimum absolute atomic E-state index is 0.104. The van der Waals surface area contributed by atoms with Gasteiger partial charge in [-0.2, -0.15) is 0 Å². The first-order valence-corrected chi connectivity index (χ1v) is 21.7. The number of amidine groups is 1. The van der Waals surface area contributed by atoms with Crippen LogP contribution < -0.4 is 0 Å². The van der Waals surface area contributed by atoms with Crippen molar-refractivity contribution in [2.24, 2.45) is 15.9 Å². The van der Waals surface area contributed by atoms with Crippen LogP contribution in [0, 0.1) is 5.92 Å². The summed E-state index contributed by atoms with van der Waals surface area (Å²) in [6.07, 6.45) is 22.9. The molecule has 58 heavy (non-hydrogen) atoms. The Labute approximate surface area is 343 Å². The highest BCUT2D eigenvalue weighted by molar-refractivity contribution is 7.26. The molecule has 282 valence electrons. The SMILES string of the molecule is C1=CCC(C2=NC(C3=CC=C(c4ccccc4)CC3)CCCC(C3CC=C(c4cc(-c5ccccc5)cc5c4sc4ccccc45)c4oc5ccccc5c43)=N2)C=C1. The normalized spacial score (nSPS) is 20.8. The van der Waals surface area contributed by atoms with E-state index in [1.165, 1.54) is 75.8 Å². The molecule has 2 aromatic heterocycles. The Morgan fingerprint density at radius 1 is 0.672 bits per heavy atom.